The summed E-state index contributed by atoms with van der Waals surface area (Å²) in [5, 5.41) is 3.23. The smallest absolute Gasteiger partial charge is 0.264 e. The Morgan fingerprint density at radius 1 is 1.00 bits per heavy atom. The van der Waals surface area contributed by atoms with E-state index in [0.717, 1.165) is 12.0 Å². The number of nitrogens with one attached hydrogen (secondary N) is 1. The van der Waals surface area contributed by atoms with Crippen LogP contribution in [0.5, 0.6) is 11.5 Å². The third kappa shape index (κ3) is 4.62. The highest BCUT2D eigenvalue weighted by atomic mass is 35.5. The normalized spacial score (nSPS) is 13.2. The molecule has 4 rings (SSSR count). The second-order valence-electron chi connectivity index (χ2n) is 7.50. The summed E-state index contributed by atoms with van der Waals surface area (Å²) in [6, 6.07) is 16.4. The van der Waals surface area contributed by atoms with Gasteiger partial charge in [0.05, 0.1) is 30.4 Å². The zero-order chi connectivity index (χ0) is 23.6. The lowest BCUT2D eigenvalue weighted by Crippen LogP contribution is -2.35. The first kappa shape index (κ1) is 22.9. The van der Waals surface area contributed by atoms with Crippen LogP contribution in [-0.2, 0) is 16.4 Å². The fraction of sp³-hybridized carbons (Fsp3) is 0.208. The molecule has 7 nitrogen and oxygen atoms in total. The summed E-state index contributed by atoms with van der Waals surface area (Å²) in [6.07, 6.45) is 1.45. The van der Waals surface area contributed by atoms with E-state index in [1.807, 2.05) is 6.07 Å². The predicted molar refractivity (Wildman–Crippen MR) is 128 cm³/mol. The lowest BCUT2D eigenvalue weighted by molar-refractivity contribution is 0.102. The summed E-state index contributed by atoms with van der Waals surface area (Å²) in [4.78, 5) is 13.1. The van der Waals surface area contributed by atoms with Gasteiger partial charge in [0, 0.05) is 17.3 Å². The average molecular weight is 487 g/mol. The second-order valence-corrected chi connectivity index (χ2v) is 9.80. The SMILES string of the molecule is COc1ccc(S(=O)(=O)N2CCCc3ccc(NC(=O)c4cc(Cl)ccc4OC)cc32)cc1. The summed E-state index contributed by atoms with van der Waals surface area (Å²) < 4.78 is 38.6. The van der Waals surface area contributed by atoms with Gasteiger partial charge in [-0.05, 0) is 73.0 Å². The summed E-state index contributed by atoms with van der Waals surface area (Å²) in [6.45, 7) is 0.348. The molecule has 0 atom stereocenters. The first-order chi connectivity index (χ1) is 15.8. The van der Waals surface area contributed by atoms with E-state index < -0.39 is 15.9 Å². The minimum Gasteiger partial charge on any atom is -0.497 e. The number of ether oxygens (including phenoxy) is 2. The molecular weight excluding hydrogens is 464 g/mol. The number of amides is 1. The molecule has 0 radical (unpaired) electrons. The summed E-state index contributed by atoms with van der Waals surface area (Å²) >= 11 is 6.05. The van der Waals surface area contributed by atoms with E-state index in [9.17, 15) is 13.2 Å². The van der Waals surface area contributed by atoms with Crippen molar-refractivity contribution >= 4 is 38.9 Å². The zero-order valence-electron chi connectivity index (χ0n) is 18.2. The monoisotopic (exact) mass is 486 g/mol. The first-order valence-electron chi connectivity index (χ1n) is 10.3. The number of sulfonamides is 1. The molecule has 3 aromatic rings. The van der Waals surface area contributed by atoms with Crippen molar-refractivity contribution in [2.75, 3.05) is 30.4 Å². The lowest BCUT2D eigenvalue weighted by atomic mass is 10.0. The highest BCUT2D eigenvalue weighted by Gasteiger charge is 2.29. The van der Waals surface area contributed by atoms with Crippen LogP contribution in [0.4, 0.5) is 11.4 Å². The molecule has 0 bridgehead atoms. The van der Waals surface area contributed by atoms with E-state index in [1.54, 1.807) is 36.4 Å². The number of hydrogen-bond donors (Lipinski definition) is 1. The maximum Gasteiger partial charge on any atom is 0.264 e. The number of halogens is 1. The van der Waals surface area contributed by atoms with Crippen LogP contribution in [0, 0.1) is 0 Å². The number of methoxy groups -OCH3 is 2. The maximum absolute atomic E-state index is 13.4. The van der Waals surface area contributed by atoms with Gasteiger partial charge in [0.2, 0.25) is 0 Å². The fourth-order valence-electron chi connectivity index (χ4n) is 3.80. The number of hydrogen-bond acceptors (Lipinski definition) is 5. The van der Waals surface area contributed by atoms with Crippen molar-refractivity contribution in [1.29, 1.82) is 0 Å². The minimum absolute atomic E-state index is 0.175. The number of nitrogens with zero attached hydrogens (tertiary/aromatic N) is 1. The largest absolute Gasteiger partial charge is 0.497 e. The second kappa shape index (κ2) is 9.33. The van der Waals surface area contributed by atoms with Crippen LogP contribution in [-0.4, -0.2) is 35.1 Å². The Hall–Kier alpha value is -3.23. The average Bonchev–Trinajstić information content (AvgIpc) is 2.83. The summed E-state index contributed by atoms with van der Waals surface area (Å²) in [7, 11) is -0.786. The molecule has 1 N–H and O–H groups in total. The molecule has 0 unspecified atom stereocenters. The highest BCUT2D eigenvalue weighted by molar-refractivity contribution is 7.92. The Morgan fingerprint density at radius 2 is 1.76 bits per heavy atom. The Kier molecular flexibility index (Phi) is 6.49. The number of benzene rings is 3. The Morgan fingerprint density at radius 3 is 2.45 bits per heavy atom. The number of rotatable bonds is 6. The molecule has 9 heteroatoms. The van der Waals surface area contributed by atoms with Crippen LogP contribution in [0.15, 0.2) is 65.6 Å². The van der Waals surface area contributed by atoms with Crippen LogP contribution in [0.25, 0.3) is 0 Å². The van der Waals surface area contributed by atoms with Crippen molar-refractivity contribution in [2.45, 2.75) is 17.7 Å². The van der Waals surface area contributed by atoms with Gasteiger partial charge < -0.3 is 14.8 Å². The molecule has 0 saturated carbocycles. The Balaban J connectivity index is 1.66. The van der Waals surface area contributed by atoms with Crippen molar-refractivity contribution < 1.29 is 22.7 Å². The van der Waals surface area contributed by atoms with Crippen molar-refractivity contribution in [1.82, 2.24) is 0 Å². The van der Waals surface area contributed by atoms with Gasteiger partial charge in [-0.25, -0.2) is 8.42 Å². The van der Waals surface area contributed by atoms with Crippen LogP contribution >= 0.6 is 11.6 Å². The van der Waals surface area contributed by atoms with Crippen molar-refractivity contribution in [3.05, 3.63) is 76.8 Å². The van der Waals surface area contributed by atoms with Crippen LogP contribution in [0.2, 0.25) is 5.02 Å². The molecule has 33 heavy (non-hydrogen) atoms. The van der Waals surface area contributed by atoms with E-state index in [1.165, 1.54) is 36.7 Å². The molecule has 0 spiro atoms. The lowest BCUT2D eigenvalue weighted by Gasteiger charge is -2.31. The molecule has 0 aliphatic carbocycles. The van der Waals surface area contributed by atoms with Gasteiger partial charge in [0.1, 0.15) is 11.5 Å². The first-order valence-corrected chi connectivity index (χ1v) is 12.1. The molecule has 1 aliphatic rings. The van der Waals surface area contributed by atoms with Crippen molar-refractivity contribution in [2.24, 2.45) is 0 Å². The fourth-order valence-corrected chi connectivity index (χ4v) is 5.50. The van der Waals surface area contributed by atoms with E-state index >= 15 is 0 Å². The van der Waals surface area contributed by atoms with Crippen LogP contribution in [0.3, 0.4) is 0 Å². The maximum atomic E-state index is 13.4. The van der Waals surface area contributed by atoms with Crippen LogP contribution < -0.4 is 19.1 Å². The van der Waals surface area contributed by atoms with Crippen molar-refractivity contribution in [3.63, 3.8) is 0 Å². The number of aryl methyl sites for hydroxylation is 1. The topological polar surface area (TPSA) is 84.9 Å². The van der Waals surface area contributed by atoms with E-state index in [4.69, 9.17) is 21.1 Å². The molecule has 1 aliphatic heterocycles. The molecule has 0 saturated heterocycles. The molecule has 0 aromatic heterocycles. The number of anilines is 2. The Bertz CT molecular complexity index is 1290. The van der Waals surface area contributed by atoms with Gasteiger partial charge in [-0.15, -0.1) is 0 Å². The summed E-state index contributed by atoms with van der Waals surface area (Å²) in [5.41, 5.74) is 2.20. The molecule has 172 valence electrons. The predicted octanol–water partition coefficient (Wildman–Crippen LogP) is 4.75. The Labute approximate surface area is 197 Å². The van der Waals surface area contributed by atoms with Gasteiger partial charge in [-0.1, -0.05) is 17.7 Å². The third-order valence-corrected chi connectivity index (χ3v) is 7.54. The third-order valence-electron chi connectivity index (χ3n) is 5.47. The van der Waals surface area contributed by atoms with Gasteiger partial charge >= 0.3 is 0 Å². The minimum atomic E-state index is -3.79. The van der Waals surface area contributed by atoms with E-state index in [2.05, 4.69) is 5.32 Å². The number of fused-ring (bicyclic) bond motifs is 1. The van der Waals surface area contributed by atoms with Gasteiger partial charge in [0.25, 0.3) is 15.9 Å². The van der Waals surface area contributed by atoms with Gasteiger partial charge in [-0.2, -0.15) is 0 Å². The zero-order valence-corrected chi connectivity index (χ0v) is 19.7. The molecule has 1 heterocycles. The van der Waals surface area contributed by atoms with Gasteiger partial charge in [-0.3, -0.25) is 9.10 Å². The van der Waals surface area contributed by atoms with Gasteiger partial charge in [0.15, 0.2) is 0 Å². The highest BCUT2D eigenvalue weighted by Crippen LogP contribution is 2.35. The van der Waals surface area contributed by atoms with E-state index in [0.29, 0.717) is 40.9 Å². The summed E-state index contributed by atoms with van der Waals surface area (Å²) in [5.74, 6) is 0.558. The molecular formula is C24H23ClN2O5S. The number of carbonyl (C=O) groups excluding carboxylic acids is 1. The van der Waals surface area contributed by atoms with E-state index in [-0.39, 0.29) is 10.5 Å². The molecule has 0 fully saturated rings. The standard InChI is InChI=1S/C24H23ClN2O5S/c1-31-19-8-10-20(11-9-19)33(29,30)27-13-3-4-16-5-7-18(15-22(16)27)26-24(28)21-14-17(25)6-12-23(21)32-2/h5-12,14-15H,3-4,13H2,1-2H3,(H,26,28). The molecule has 3 aromatic carbocycles. The van der Waals surface area contributed by atoms with Crippen molar-refractivity contribution in [3.8, 4) is 11.5 Å². The molecule has 1 amide bonds. The quantitative estimate of drug-likeness (QED) is 0.543. The number of carbonyl (C=O) groups is 1. The van der Waals surface area contributed by atoms with Crippen LogP contribution in [0.1, 0.15) is 22.3 Å².